The molecular weight excluding hydrogens is 370 g/mol. The zero-order chi connectivity index (χ0) is 20.4. The lowest BCUT2D eigenvalue weighted by Crippen LogP contribution is -2.07. The summed E-state index contributed by atoms with van der Waals surface area (Å²) in [4.78, 5) is 25.0. The van der Waals surface area contributed by atoms with E-state index in [-0.39, 0.29) is 18.1 Å². The summed E-state index contributed by atoms with van der Waals surface area (Å²) in [7, 11) is 0. The number of nitrogen functional groups attached to an aromatic ring is 1. The first-order valence-corrected chi connectivity index (χ1v) is 8.75. The van der Waals surface area contributed by atoms with Crippen LogP contribution in [0.25, 0.3) is 28.2 Å². The van der Waals surface area contributed by atoms with Crippen LogP contribution in [0.5, 0.6) is 0 Å². The van der Waals surface area contributed by atoms with E-state index >= 15 is 0 Å². The topological polar surface area (TPSA) is 132 Å². The normalized spacial score (nSPS) is 10.6. The molecule has 0 aliphatic carbocycles. The molecule has 0 aliphatic heterocycles. The Morgan fingerprint density at radius 1 is 1.31 bits per heavy atom. The highest BCUT2D eigenvalue weighted by Gasteiger charge is 2.22. The highest BCUT2D eigenvalue weighted by Crippen LogP contribution is 2.32. The van der Waals surface area contributed by atoms with E-state index in [1.165, 1.54) is 16.9 Å². The van der Waals surface area contributed by atoms with Gasteiger partial charge in [0.2, 0.25) is 0 Å². The summed E-state index contributed by atoms with van der Waals surface area (Å²) in [5, 5.41) is 13.6. The summed E-state index contributed by atoms with van der Waals surface area (Å²) in [5.41, 5.74) is 9.40. The van der Waals surface area contributed by atoms with Gasteiger partial charge >= 0.3 is 5.97 Å². The quantitative estimate of drug-likeness (QED) is 0.530. The van der Waals surface area contributed by atoms with Crippen molar-refractivity contribution in [2.24, 2.45) is 0 Å². The Hall–Kier alpha value is -4.32. The molecule has 0 aliphatic rings. The van der Waals surface area contributed by atoms with Crippen LogP contribution in [0.4, 0.5) is 5.82 Å². The summed E-state index contributed by atoms with van der Waals surface area (Å²) in [6.45, 7) is 1.95. The number of fused-ring (bicyclic) bond motifs is 1. The van der Waals surface area contributed by atoms with Gasteiger partial charge in [-0.25, -0.2) is 24.3 Å². The Labute approximate surface area is 165 Å². The number of carbonyl (C=O) groups is 1. The number of nitriles is 1. The minimum atomic E-state index is -0.558. The molecule has 4 aromatic rings. The molecule has 0 bridgehead atoms. The molecule has 3 heterocycles. The Balaban J connectivity index is 2.05. The Bertz CT molecular complexity index is 1260. The average molecular weight is 385 g/mol. The standard InChI is InChI=1S/C20H15N7O2/c1-2-29-20(28)15-9-16-19(22)25-17(13-5-3-4-12(8-13)10-21)18(27(16)26-15)14-6-7-23-11-24-14/h3-9,11H,2H2,1H3,(H2,22,25). The lowest BCUT2D eigenvalue weighted by atomic mass is 10.0. The maximum Gasteiger partial charge on any atom is 0.358 e. The van der Waals surface area contributed by atoms with E-state index in [2.05, 4.69) is 26.1 Å². The van der Waals surface area contributed by atoms with Crippen LogP contribution < -0.4 is 5.73 Å². The SMILES string of the molecule is CCOC(=O)c1cc2c(N)nc(-c3cccc(C#N)c3)c(-c3ccncn3)n2n1. The number of hydrogen-bond donors (Lipinski definition) is 1. The second-order valence-electron chi connectivity index (χ2n) is 6.03. The van der Waals surface area contributed by atoms with Crippen LogP contribution in [0.2, 0.25) is 0 Å². The number of nitrogens with zero attached hydrogens (tertiary/aromatic N) is 6. The summed E-state index contributed by atoms with van der Waals surface area (Å²) < 4.78 is 6.57. The molecule has 0 atom stereocenters. The van der Waals surface area contributed by atoms with Crippen LogP contribution >= 0.6 is 0 Å². The number of hydrogen-bond acceptors (Lipinski definition) is 8. The van der Waals surface area contributed by atoms with E-state index in [0.717, 1.165) is 0 Å². The minimum absolute atomic E-state index is 0.110. The van der Waals surface area contributed by atoms with E-state index in [1.54, 1.807) is 37.4 Å². The number of rotatable bonds is 4. The van der Waals surface area contributed by atoms with Crippen molar-refractivity contribution in [3.63, 3.8) is 0 Å². The molecule has 4 rings (SSSR count). The number of anilines is 1. The number of carbonyl (C=O) groups excluding carboxylic acids is 1. The highest BCUT2D eigenvalue weighted by molar-refractivity contribution is 5.91. The van der Waals surface area contributed by atoms with Gasteiger partial charge in [0.1, 0.15) is 29.0 Å². The minimum Gasteiger partial charge on any atom is -0.461 e. The van der Waals surface area contributed by atoms with Gasteiger partial charge < -0.3 is 10.5 Å². The van der Waals surface area contributed by atoms with Crippen molar-refractivity contribution >= 4 is 17.3 Å². The van der Waals surface area contributed by atoms with Gasteiger partial charge in [0.15, 0.2) is 5.69 Å². The van der Waals surface area contributed by atoms with Crippen LogP contribution in [0.1, 0.15) is 23.0 Å². The van der Waals surface area contributed by atoms with Crippen molar-refractivity contribution in [3.8, 4) is 28.7 Å². The molecule has 29 heavy (non-hydrogen) atoms. The third kappa shape index (κ3) is 3.23. The fourth-order valence-electron chi connectivity index (χ4n) is 2.97. The second kappa shape index (κ2) is 7.36. The fraction of sp³-hybridized carbons (Fsp3) is 0.100. The largest absolute Gasteiger partial charge is 0.461 e. The molecule has 0 spiro atoms. The number of ether oxygens (including phenoxy) is 1. The van der Waals surface area contributed by atoms with Crippen LogP contribution in [-0.2, 0) is 4.74 Å². The lowest BCUT2D eigenvalue weighted by Gasteiger charge is -2.12. The molecule has 142 valence electrons. The van der Waals surface area contributed by atoms with E-state index in [0.29, 0.717) is 33.7 Å². The second-order valence-corrected chi connectivity index (χ2v) is 6.03. The zero-order valence-corrected chi connectivity index (χ0v) is 15.4. The summed E-state index contributed by atoms with van der Waals surface area (Å²) in [6.07, 6.45) is 3.00. The van der Waals surface area contributed by atoms with Gasteiger partial charge in [-0.1, -0.05) is 12.1 Å². The van der Waals surface area contributed by atoms with E-state index in [9.17, 15) is 10.1 Å². The molecule has 1 aromatic carbocycles. The summed E-state index contributed by atoms with van der Waals surface area (Å²) in [5.74, 6) is -0.375. The first kappa shape index (κ1) is 18.1. The number of esters is 1. The Kier molecular flexibility index (Phi) is 4.58. The monoisotopic (exact) mass is 385 g/mol. The third-order valence-electron chi connectivity index (χ3n) is 4.21. The van der Waals surface area contributed by atoms with Gasteiger partial charge in [0.05, 0.1) is 23.9 Å². The first-order valence-electron chi connectivity index (χ1n) is 8.75. The molecule has 2 N–H and O–H groups in total. The van der Waals surface area contributed by atoms with Crippen molar-refractivity contribution in [1.82, 2.24) is 24.6 Å². The predicted molar refractivity (Wildman–Crippen MR) is 105 cm³/mol. The predicted octanol–water partition coefficient (Wildman–Crippen LogP) is 2.48. The highest BCUT2D eigenvalue weighted by atomic mass is 16.5. The summed E-state index contributed by atoms with van der Waals surface area (Å²) in [6, 6.07) is 12.3. The molecule has 0 fully saturated rings. The molecular formula is C20H15N7O2. The molecule has 9 nitrogen and oxygen atoms in total. The smallest absolute Gasteiger partial charge is 0.358 e. The average Bonchev–Trinajstić information content (AvgIpc) is 3.20. The van der Waals surface area contributed by atoms with Crippen molar-refractivity contribution in [3.05, 3.63) is 60.2 Å². The van der Waals surface area contributed by atoms with Crippen molar-refractivity contribution in [1.29, 1.82) is 5.26 Å². The van der Waals surface area contributed by atoms with Gasteiger partial charge in [-0.05, 0) is 25.1 Å². The zero-order valence-electron chi connectivity index (χ0n) is 15.4. The van der Waals surface area contributed by atoms with Gasteiger partial charge in [0.25, 0.3) is 0 Å². The van der Waals surface area contributed by atoms with Crippen LogP contribution in [0.3, 0.4) is 0 Å². The lowest BCUT2D eigenvalue weighted by molar-refractivity contribution is 0.0519. The molecule has 0 saturated heterocycles. The van der Waals surface area contributed by atoms with Gasteiger partial charge in [-0.3, -0.25) is 0 Å². The van der Waals surface area contributed by atoms with E-state index < -0.39 is 5.97 Å². The van der Waals surface area contributed by atoms with E-state index in [4.69, 9.17) is 10.5 Å². The van der Waals surface area contributed by atoms with E-state index in [1.807, 2.05) is 6.07 Å². The van der Waals surface area contributed by atoms with Gasteiger partial charge in [0, 0.05) is 17.8 Å². The molecule has 3 aromatic heterocycles. The Morgan fingerprint density at radius 3 is 2.90 bits per heavy atom. The van der Waals surface area contributed by atoms with Crippen LogP contribution in [0.15, 0.2) is 48.9 Å². The third-order valence-corrected chi connectivity index (χ3v) is 4.21. The molecule has 0 unspecified atom stereocenters. The maximum absolute atomic E-state index is 12.2. The molecule has 9 heteroatoms. The molecule has 0 radical (unpaired) electrons. The summed E-state index contributed by atoms with van der Waals surface area (Å²) >= 11 is 0. The first-order chi connectivity index (χ1) is 14.1. The molecule has 0 saturated carbocycles. The number of benzene rings is 1. The maximum atomic E-state index is 12.2. The van der Waals surface area contributed by atoms with Gasteiger partial charge in [-0.2, -0.15) is 10.4 Å². The van der Waals surface area contributed by atoms with Crippen molar-refractivity contribution in [2.75, 3.05) is 12.3 Å². The van der Waals surface area contributed by atoms with Gasteiger partial charge in [-0.15, -0.1) is 0 Å². The van der Waals surface area contributed by atoms with Crippen LogP contribution in [-0.4, -0.2) is 37.1 Å². The number of aromatic nitrogens is 5. The fourth-order valence-corrected chi connectivity index (χ4v) is 2.97. The van der Waals surface area contributed by atoms with Crippen molar-refractivity contribution < 1.29 is 9.53 Å². The Morgan fingerprint density at radius 2 is 2.17 bits per heavy atom. The molecule has 0 amide bonds. The number of nitrogens with two attached hydrogens (primary N) is 1. The van der Waals surface area contributed by atoms with Crippen molar-refractivity contribution in [2.45, 2.75) is 6.92 Å². The van der Waals surface area contributed by atoms with Crippen LogP contribution in [0, 0.1) is 11.3 Å².